The number of hydrogen-bond donors (Lipinski definition) is 0. The van der Waals surface area contributed by atoms with Crippen LogP contribution < -0.4 is 0 Å². The Bertz CT molecular complexity index is 1020. The van der Waals surface area contributed by atoms with E-state index in [1.807, 2.05) is 0 Å². The van der Waals surface area contributed by atoms with Gasteiger partial charge in [0.1, 0.15) is 13.2 Å². The normalized spacial score (nSPS) is 12.2. The summed E-state index contributed by atoms with van der Waals surface area (Å²) in [6.07, 6.45) is 56.9. The second kappa shape index (κ2) is 49.3. The van der Waals surface area contributed by atoms with E-state index in [1.54, 1.807) is 0 Å². The maximum Gasteiger partial charge on any atom is 0.306 e. The fraction of sp³-hybridized carbons (Fsp3) is 0.833. The standard InChI is InChI=1S/C54H98O6/c1-4-7-10-13-16-19-22-25-26-27-30-32-35-38-41-44-47-53(56)59-50-51(60-54(57)48-45-42-39-36-33-29-24-21-18-15-12-9-6-3)49-58-52(55)46-43-40-37-34-31-28-23-20-17-14-11-8-5-2/h19,21-22,24,26-27,51H,4-18,20,23,25,28-50H2,1-3H3/b22-19-,24-21-,27-26-. The fourth-order valence-electron chi connectivity index (χ4n) is 7.41. The van der Waals surface area contributed by atoms with Crippen LogP contribution in [0.4, 0.5) is 0 Å². The van der Waals surface area contributed by atoms with E-state index in [1.165, 1.54) is 141 Å². The Labute approximate surface area is 372 Å². The van der Waals surface area contributed by atoms with E-state index in [2.05, 4.69) is 57.2 Å². The highest BCUT2D eigenvalue weighted by atomic mass is 16.6. The number of esters is 3. The number of hydrogen-bond acceptors (Lipinski definition) is 6. The molecule has 0 radical (unpaired) electrons. The molecule has 0 heterocycles. The molecule has 0 aliphatic rings. The van der Waals surface area contributed by atoms with Crippen molar-refractivity contribution in [2.45, 2.75) is 277 Å². The fourth-order valence-corrected chi connectivity index (χ4v) is 7.41. The maximum absolute atomic E-state index is 12.8. The van der Waals surface area contributed by atoms with Crippen molar-refractivity contribution in [1.82, 2.24) is 0 Å². The molecule has 0 fully saturated rings. The average Bonchev–Trinajstić information content (AvgIpc) is 3.24. The van der Waals surface area contributed by atoms with Crippen LogP contribution >= 0.6 is 0 Å². The van der Waals surface area contributed by atoms with Crippen LogP contribution in [0.3, 0.4) is 0 Å². The summed E-state index contributed by atoms with van der Waals surface area (Å²) in [4.78, 5) is 37.9. The number of carbonyl (C=O) groups is 3. The van der Waals surface area contributed by atoms with E-state index in [-0.39, 0.29) is 31.1 Å². The molecule has 0 aromatic heterocycles. The van der Waals surface area contributed by atoms with Crippen LogP contribution in [0.25, 0.3) is 0 Å². The summed E-state index contributed by atoms with van der Waals surface area (Å²) in [6.45, 7) is 6.60. The highest BCUT2D eigenvalue weighted by molar-refractivity contribution is 5.71. The molecule has 0 amide bonds. The van der Waals surface area contributed by atoms with Gasteiger partial charge in [0.25, 0.3) is 0 Å². The number of rotatable bonds is 47. The first-order valence-electron chi connectivity index (χ1n) is 26.0. The molecule has 0 N–H and O–H groups in total. The van der Waals surface area contributed by atoms with Gasteiger partial charge in [0.2, 0.25) is 0 Å². The molecule has 0 saturated carbocycles. The van der Waals surface area contributed by atoms with E-state index in [4.69, 9.17) is 14.2 Å². The lowest BCUT2D eigenvalue weighted by Gasteiger charge is -2.18. The molecule has 0 rings (SSSR count). The Hall–Kier alpha value is -2.37. The van der Waals surface area contributed by atoms with E-state index >= 15 is 0 Å². The Morgan fingerprint density at radius 2 is 0.600 bits per heavy atom. The number of ether oxygens (including phenoxy) is 3. The number of carbonyl (C=O) groups excluding carboxylic acids is 3. The third kappa shape index (κ3) is 46.7. The average molecular weight is 843 g/mol. The molecular formula is C54H98O6. The monoisotopic (exact) mass is 843 g/mol. The smallest absolute Gasteiger partial charge is 0.306 e. The molecule has 0 aliphatic heterocycles. The summed E-state index contributed by atoms with van der Waals surface area (Å²) in [5.74, 6) is -0.891. The molecule has 6 heteroatoms. The predicted molar refractivity (Wildman–Crippen MR) is 256 cm³/mol. The third-order valence-corrected chi connectivity index (χ3v) is 11.4. The van der Waals surface area contributed by atoms with Gasteiger partial charge in [0.15, 0.2) is 6.10 Å². The maximum atomic E-state index is 12.8. The second-order valence-corrected chi connectivity index (χ2v) is 17.4. The highest BCUT2D eigenvalue weighted by Gasteiger charge is 2.19. The molecular weight excluding hydrogens is 745 g/mol. The zero-order valence-corrected chi connectivity index (χ0v) is 40.0. The first-order valence-corrected chi connectivity index (χ1v) is 26.0. The predicted octanol–water partition coefficient (Wildman–Crippen LogP) is 16.9. The summed E-state index contributed by atoms with van der Waals surface area (Å²) in [6, 6.07) is 0. The van der Waals surface area contributed by atoms with Crippen molar-refractivity contribution >= 4 is 17.9 Å². The zero-order chi connectivity index (χ0) is 43.7. The quantitative estimate of drug-likeness (QED) is 0.0263. The molecule has 0 spiro atoms. The summed E-state index contributed by atoms with van der Waals surface area (Å²) in [7, 11) is 0. The van der Waals surface area contributed by atoms with E-state index in [9.17, 15) is 14.4 Å². The molecule has 6 nitrogen and oxygen atoms in total. The number of allylic oxidation sites excluding steroid dienone is 6. The summed E-state index contributed by atoms with van der Waals surface area (Å²) in [5.41, 5.74) is 0. The summed E-state index contributed by atoms with van der Waals surface area (Å²) < 4.78 is 16.8. The lowest BCUT2D eigenvalue weighted by Crippen LogP contribution is -2.30. The lowest BCUT2D eigenvalue weighted by molar-refractivity contribution is -0.167. The van der Waals surface area contributed by atoms with Crippen molar-refractivity contribution in [3.63, 3.8) is 0 Å². The Morgan fingerprint density at radius 3 is 0.950 bits per heavy atom. The Morgan fingerprint density at radius 1 is 0.333 bits per heavy atom. The summed E-state index contributed by atoms with van der Waals surface area (Å²) in [5, 5.41) is 0. The van der Waals surface area contributed by atoms with Gasteiger partial charge in [0, 0.05) is 19.3 Å². The van der Waals surface area contributed by atoms with E-state index < -0.39 is 6.10 Å². The highest BCUT2D eigenvalue weighted by Crippen LogP contribution is 2.15. The van der Waals surface area contributed by atoms with Crippen molar-refractivity contribution in [2.75, 3.05) is 13.2 Å². The van der Waals surface area contributed by atoms with Crippen LogP contribution in [0.2, 0.25) is 0 Å². The molecule has 0 aromatic rings. The van der Waals surface area contributed by atoms with Crippen molar-refractivity contribution in [3.05, 3.63) is 36.5 Å². The molecule has 0 aliphatic carbocycles. The molecule has 1 unspecified atom stereocenters. The Balaban J connectivity index is 4.38. The first kappa shape index (κ1) is 57.6. The Kier molecular flexibility index (Phi) is 47.3. The largest absolute Gasteiger partial charge is 0.462 e. The van der Waals surface area contributed by atoms with Gasteiger partial charge >= 0.3 is 17.9 Å². The van der Waals surface area contributed by atoms with Gasteiger partial charge in [-0.05, 0) is 77.0 Å². The van der Waals surface area contributed by atoms with E-state index in [0.29, 0.717) is 19.3 Å². The molecule has 0 bridgehead atoms. The molecule has 0 saturated heterocycles. The molecule has 350 valence electrons. The van der Waals surface area contributed by atoms with Crippen molar-refractivity contribution in [3.8, 4) is 0 Å². The lowest BCUT2D eigenvalue weighted by atomic mass is 10.0. The molecule has 0 aromatic carbocycles. The van der Waals surface area contributed by atoms with Gasteiger partial charge in [-0.3, -0.25) is 14.4 Å². The third-order valence-electron chi connectivity index (χ3n) is 11.4. The second-order valence-electron chi connectivity index (χ2n) is 17.4. The van der Waals surface area contributed by atoms with Gasteiger partial charge in [-0.1, -0.05) is 211 Å². The molecule has 1 atom stereocenters. The topological polar surface area (TPSA) is 78.9 Å². The van der Waals surface area contributed by atoms with Crippen LogP contribution in [-0.4, -0.2) is 37.2 Å². The molecule has 60 heavy (non-hydrogen) atoms. The van der Waals surface area contributed by atoms with Gasteiger partial charge in [-0.2, -0.15) is 0 Å². The van der Waals surface area contributed by atoms with Crippen LogP contribution in [-0.2, 0) is 28.6 Å². The minimum atomic E-state index is -0.778. The van der Waals surface area contributed by atoms with Gasteiger partial charge < -0.3 is 14.2 Å². The SMILES string of the molecule is CCCCCC/C=C\C/C=C\CCCCCCCC(=O)OCC(COC(=O)CCCCCCCCCCCCCCC)OC(=O)CCCCCCC/C=C\CCCCCC. The van der Waals surface area contributed by atoms with Crippen molar-refractivity contribution in [2.24, 2.45) is 0 Å². The van der Waals surface area contributed by atoms with E-state index in [0.717, 1.165) is 89.9 Å². The van der Waals surface area contributed by atoms with Crippen molar-refractivity contribution in [1.29, 1.82) is 0 Å². The zero-order valence-electron chi connectivity index (χ0n) is 40.0. The van der Waals surface area contributed by atoms with Crippen LogP contribution in [0, 0.1) is 0 Å². The van der Waals surface area contributed by atoms with Gasteiger partial charge in [0.05, 0.1) is 0 Å². The van der Waals surface area contributed by atoms with Gasteiger partial charge in [-0.25, -0.2) is 0 Å². The van der Waals surface area contributed by atoms with Crippen LogP contribution in [0.5, 0.6) is 0 Å². The minimum Gasteiger partial charge on any atom is -0.462 e. The minimum absolute atomic E-state index is 0.0772. The summed E-state index contributed by atoms with van der Waals surface area (Å²) >= 11 is 0. The van der Waals surface area contributed by atoms with Crippen LogP contribution in [0.15, 0.2) is 36.5 Å². The van der Waals surface area contributed by atoms with Gasteiger partial charge in [-0.15, -0.1) is 0 Å². The van der Waals surface area contributed by atoms with Crippen molar-refractivity contribution < 1.29 is 28.6 Å². The number of unbranched alkanes of at least 4 members (excludes halogenated alkanes) is 30. The first-order chi connectivity index (χ1) is 29.5. The van der Waals surface area contributed by atoms with Crippen LogP contribution in [0.1, 0.15) is 271 Å².